The zero-order valence-corrected chi connectivity index (χ0v) is 21.2. The lowest BCUT2D eigenvalue weighted by molar-refractivity contribution is -0.118. The molecule has 8 atom stereocenters. The number of aromatic nitrogens is 2. The lowest BCUT2D eigenvalue weighted by Gasteiger charge is -2.51. The molecule has 1 aromatic heterocycles. The van der Waals surface area contributed by atoms with Gasteiger partial charge < -0.3 is 25.6 Å². The molecule has 2 fully saturated rings. The van der Waals surface area contributed by atoms with Crippen molar-refractivity contribution in [1.29, 1.82) is 0 Å². The van der Waals surface area contributed by atoms with Crippen LogP contribution in [0.5, 0.6) is 0 Å². The number of allylic oxidation sites excluding steroid dienone is 3. The van der Waals surface area contributed by atoms with E-state index in [1.165, 1.54) is 5.57 Å². The van der Waals surface area contributed by atoms with Crippen molar-refractivity contribution in [3.63, 3.8) is 0 Å². The molecule has 36 heavy (non-hydrogen) atoms. The molecular formula is C28H37FN4O3. The normalized spacial score (nSPS) is 40.6. The quantitative estimate of drug-likeness (QED) is 0.474. The van der Waals surface area contributed by atoms with Crippen LogP contribution < -0.4 is 5.73 Å². The SMILES string of the molecule is CN(C)C1CC2CCC3(O2)C(=CCC2(C)C(c4ccc5c(N)n[nH]c5c4)=CCC23)CC(F)C(O)C1O. The van der Waals surface area contributed by atoms with E-state index in [2.05, 4.69) is 41.4 Å². The van der Waals surface area contributed by atoms with Crippen molar-refractivity contribution >= 4 is 22.3 Å². The van der Waals surface area contributed by atoms with E-state index in [9.17, 15) is 10.2 Å². The average Bonchev–Trinajstić information content (AvgIpc) is 3.54. The number of alkyl halides is 1. The fourth-order valence-corrected chi connectivity index (χ4v) is 7.66. The molecule has 8 unspecified atom stereocenters. The maximum atomic E-state index is 15.5. The highest BCUT2D eigenvalue weighted by atomic mass is 19.1. The van der Waals surface area contributed by atoms with Crippen LogP contribution >= 0.6 is 0 Å². The van der Waals surface area contributed by atoms with Gasteiger partial charge in [-0.25, -0.2) is 4.39 Å². The van der Waals surface area contributed by atoms with Gasteiger partial charge in [0.15, 0.2) is 5.82 Å². The van der Waals surface area contributed by atoms with Gasteiger partial charge in [-0.05, 0) is 75.0 Å². The number of aliphatic hydroxyl groups excluding tert-OH is 2. The van der Waals surface area contributed by atoms with Gasteiger partial charge in [-0.15, -0.1) is 0 Å². The van der Waals surface area contributed by atoms with E-state index in [1.54, 1.807) is 0 Å². The van der Waals surface area contributed by atoms with E-state index < -0.39 is 24.0 Å². The first-order valence-electron chi connectivity index (χ1n) is 13.1. The summed E-state index contributed by atoms with van der Waals surface area (Å²) in [6.07, 6.45) is 4.32. The average molecular weight is 497 g/mol. The van der Waals surface area contributed by atoms with Gasteiger partial charge in [-0.1, -0.05) is 25.1 Å². The summed E-state index contributed by atoms with van der Waals surface area (Å²) in [5, 5.41) is 29.7. The molecule has 8 heteroatoms. The third-order valence-electron chi connectivity index (χ3n) is 9.64. The molecule has 2 aliphatic carbocycles. The van der Waals surface area contributed by atoms with E-state index in [4.69, 9.17) is 10.5 Å². The fraction of sp³-hybridized carbons (Fsp3) is 0.607. The molecule has 2 bridgehead atoms. The molecule has 3 heterocycles. The summed E-state index contributed by atoms with van der Waals surface area (Å²) in [4.78, 5) is 1.88. The van der Waals surface area contributed by atoms with Crippen molar-refractivity contribution in [1.82, 2.24) is 15.1 Å². The molecule has 6 rings (SSSR count). The molecule has 0 saturated carbocycles. The van der Waals surface area contributed by atoms with Gasteiger partial charge in [-0.2, -0.15) is 5.10 Å². The number of hydrogen-bond acceptors (Lipinski definition) is 6. The number of aromatic amines is 1. The van der Waals surface area contributed by atoms with Crippen molar-refractivity contribution in [2.75, 3.05) is 19.8 Å². The van der Waals surface area contributed by atoms with Crippen molar-refractivity contribution in [3.05, 3.63) is 41.5 Å². The van der Waals surface area contributed by atoms with Crippen LogP contribution in [0.25, 0.3) is 16.5 Å². The minimum absolute atomic E-state index is 0.0467. The van der Waals surface area contributed by atoms with E-state index in [0.29, 0.717) is 12.2 Å². The predicted octanol–water partition coefficient (Wildman–Crippen LogP) is 3.59. The minimum Gasteiger partial charge on any atom is -0.389 e. The van der Waals surface area contributed by atoms with Gasteiger partial charge in [-0.3, -0.25) is 5.10 Å². The molecule has 0 radical (unpaired) electrons. The van der Waals surface area contributed by atoms with Crippen molar-refractivity contribution < 1.29 is 19.3 Å². The smallest absolute Gasteiger partial charge is 0.153 e. The molecule has 5 N–H and O–H groups in total. The number of hydrogen-bond donors (Lipinski definition) is 4. The van der Waals surface area contributed by atoms with E-state index in [-0.39, 0.29) is 29.9 Å². The Morgan fingerprint density at radius 2 is 2.03 bits per heavy atom. The number of H-pyrrole nitrogens is 1. The number of halogens is 1. The lowest BCUT2D eigenvalue weighted by Crippen LogP contribution is -2.54. The maximum absolute atomic E-state index is 15.5. The standard InChI is InChI=1S/C28H37FN4O3/c1-27-10-8-16-13-20(29)24(34)25(35)22(33(2)3)14-17-9-11-28(16,36-17)23(27)7-6-19(27)15-4-5-18-21(12-15)31-32-26(18)30/h4-6,8,12,17,20,22-25,34-35H,7,9-11,13-14H2,1-3H3,(H3,30,31,32). The lowest BCUT2D eigenvalue weighted by atomic mass is 9.58. The van der Waals surface area contributed by atoms with E-state index in [0.717, 1.165) is 47.7 Å². The van der Waals surface area contributed by atoms with Gasteiger partial charge in [0.05, 0.1) is 23.3 Å². The van der Waals surface area contributed by atoms with E-state index >= 15 is 4.39 Å². The highest BCUT2D eigenvalue weighted by Gasteiger charge is 2.60. The molecule has 2 aromatic rings. The summed E-state index contributed by atoms with van der Waals surface area (Å²) in [6.45, 7) is 2.31. The Hall–Kier alpha value is -2.26. The number of benzene rings is 1. The third kappa shape index (κ3) is 3.41. The number of likely N-dealkylation sites (N-methyl/N-ethyl adjacent to an activating group) is 1. The molecule has 1 spiro atoms. The summed E-state index contributed by atoms with van der Waals surface area (Å²) in [5.41, 5.74) is 9.58. The largest absolute Gasteiger partial charge is 0.389 e. The van der Waals surface area contributed by atoms with Gasteiger partial charge in [0.25, 0.3) is 0 Å². The van der Waals surface area contributed by atoms with Crippen LogP contribution in [0.4, 0.5) is 10.2 Å². The molecule has 194 valence electrons. The Bertz CT molecular complexity index is 1240. The zero-order valence-electron chi connectivity index (χ0n) is 21.2. The van der Waals surface area contributed by atoms with Crippen molar-refractivity contribution in [3.8, 4) is 0 Å². The second-order valence-corrected chi connectivity index (χ2v) is 11.8. The van der Waals surface area contributed by atoms with Crippen LogP contribution in [-0.4, -0.2) is 75.5 Å². The molecule has 0 amide bonds. The van der Waals surface area contributed by atoms with Crippen LogP contribution in [-0.2, 0) is 4.74 Å². The first kappa shape index (κ1) is 24.1. The number of aliphatic hydroxyl groups is 2. The highest BCUT2D eigenvalue weighted by molar-refractivity contribution is 5.91. The third-order valence-corrected chi connectivity index (χ3v) is 9.64. The number of rotatable bonds is 2. The Kier molecular flexibility index (Phi) is 5.61. The first-order chi connectivity index (χ1) is 17.1. The van der Waals surface area contributed by atoms with Gasteiger partial charge in [0.2, 0.25) is 0 Å². The van der Waals surface area contributed by atoms with Gasteiger partial charge in [0, 0.05) is 29.2 Å². The number of anilines is 1. The highest BCUT2D eigenvalue weighted by Crippen LogP contribution is 2.63. The van der Waals surface area contributed by atoms with Crippen molar-refractivity contribution in [2.24, 2.45) is 11.3 Å². The first-order valence-corrected chi connectivity index (χ1v) is 13.1. The monoisotopic (exact) mass is 496 g/mol. The summed E-state index contributed by atoms with van der Waals surface area (Å²) in [6, 6.07) is 5.89. The van der Waals surface area contributed by atoms with Crippen LogP contribution in [0.3, 0.4) is 0 Å². The second-order valence-electron chi connectivity index (χ2n) is 11.8. The molecule has 7 nitrogen and oxygen atoms in total. The summed E-state index contributed by atoms with van der Waals surface area (Å²) < 4.78 is 22.4. The Labute approximate surface area is 211 Å². The van der Waals surface area contributed by atoms with Crippen LogP contribution in [0.2, 0.25) is 0 Å². The number of nitrogen functional groups attached to an aromatic ring is 1. The van der Waals surface area contributed by atoms with E-state index in [1.807, 2.05) is 25.1 Å². The Morgan fingerprint density at radius 1 is 1.22 bits per heavy atom. The Balaban J connectivity index is 1.38. The molecule has 1 aromatic carbocycles. The summed E-state index contributed by atoms with van der Waals surface area (Å²) in [5.74, 6) is 0.681. The van der Waals surface area contributed by atoms with Gasteiger partial charge >= 0.3 is 0 Å². The summed E-state index contributed by atoms with van der Waals surface area (Å²) >= 11 is 0. The Morgan fingerprint density at radius 3 is 2.81 bits per heavy atom. The fourth-order valence-electron chi connectivity index (χ4n) is 7.66. The molecule has 2 aliphatic heterocycles. The maximum Gasteiger partial charge on any atom is 0.153 e. The number of ether oxygens (including phenoxy) is 1. The van der Waals surface area contributed by atoms with Crippen LogP contribution in [0.15, 0.2) is 35.9 Å². The summed E-state index contributed by atoms with van der Waals surface area (Å²) in [7, 11) is 3.73. The molecular weight excluding hydrogens is 459 g/mol. The molecule has 2 saturated heterocycles. The van der Waals surface area contributed by atoms with Crippen molar-refractivity contribution in [2.45, 2.75) is 81.6 Å². The molecule has 4 aliphatic rings. The topological polar surface area (TPSA) is 108 Å². The second kappa shape index (κ2) is 8.38. The predicted molar refractivity (Wildman–Crippen MR) is 138 cm³/mol. The van der Waals surface area contributed by atoms with Crippen LogP contribution in [0.1, 0.15) is 51.0 Å². The number of fused-ring (bicyclic) bond motifs is 3. The number of nitrogens with two attached hydrogens (primary N) is 1. The minimum atomic E-state index is -1.54. The zero-order chi connectivity index (χ0) is 25.4. The van der Waals surface area contributed by atoms with Gasteiger partial charge in [0.1, 0.15) is 12.3 Å². The van der Waals surface area contributed by atoms with Crippen LogP contribution in [0, 0.1) is 11.3 Å². The number of nitrogens with one attached hydrogen (secondary N) is 1. The number of nitrogens with zero attached hydrogens (tertiary/aromatic N) is 2.